The number of Topliss-reactive ketones (excluding diaryl/α,β-unsaturated/α-hetero) is 1. The molecule has 0 unspecified atom stereocenters. The lowest BCUT2D eigenvalue weighted by atomic mass is 9.94. The first-order chi connectivity index (χ1) is 19.4. The summed E-state index contributed by atoms with van der Waals surface area (Å²) in [5, 5.41) is 11.9. The third kappa shape index (κ3) is 4.46. The Bertz CT molecular complexity index is 1680. The second-order valence-corrected chi connectivity index (χ2v) is 10.9. The topological polar surface area (TPSA) is 98.2 Å². The molecule has 0 aliphatic carbocycles. The summed E-state index contributed by atoms with van der Waals surface area (Å²) in [5.74, 6) is 0.266. The molecule has 4 aromatic rings. The van der Waals surface area contributed by atoms with E-state index in [0.29, 0.717) is 46.3 Å². The number of aromatic nitrogens is 1. The van der Waals surface area contributed by atoms with Crippen LogP contribution in [0.15, 0.2) is 66.2 Å². The minimum atomic E-state index is -0.906. The van der Waals surface area contributed by atoms with Crippen LogP contribution in [-0.4, -0.2) is 41.6 Å². The molecular weight excluding hydrogens is 528 g/mol. The fourth-order valence-corrected chi connectivity index (χ4v) is 6.21. The number of ether oxygens (including phenoxy) is 3. The maximum atomic E-state index is 13.6. The Morgan fingerprint density at radius 3 is 2.77 bits per heavy atom. The van der Waals surface area contributed by atoms with E-state index in [1.54, 1.807) is 31.4 Å². The summed E-state index contributed by atoms with van der Waals surface area (Å²) in [6, 6.07) is 17.1. The lowest BCUT2D eigenvalue weighted by Crippen LogP contribution is -2.29. The van der Waals surface area contributed by atoms with Crippen molar-refractivity contribution in [2.24, 2.45) is 0 Å². The predicted molar refractivity (Wildman–Crippen MR) is 153 cm³/mol. The van der Waals surface area contributed by atoms with E-state index in [4.69, 9.17) is 14.2 Å². The third-order valence-corrected chi connectivity index (χ3v) is 8.07. The molecule has 0 bridgehead atoms. The van der Waals surface area contributed by atoms with Crippen molar-refractivity contribution in [3.05, 3.63) is 82.9 Å². The molecule has 2 atom stereocenters. The van der Waals surface area contributed by atoms with Gasteiger partial charge in [-0.1, -0.05) is 30.4 Å². The van der Waals surface area contributed by atoms with Crippen LogP contribution < -0.4 is 19.1 Å². The van der Waals surface area contributed by atoms with Crippen LogP contribution in [0.2, 0.25) is 0 Å². The summed E-state index contributed by atoms with van der Waals surface area (Å²) < 4.78 is 17.8. The fraction of sp³-hybridized carbons (Fsp3) is 0.258. The zero-order valence-corrected chi connectivity index (χ0v) is 23.2. The van der Waals surface area contributed by atoms with Gasteiger partial charge in [-0.3, -0.25) is 14.5 Å². The molecule has 6 rings (SSSR count). The number of methoxy groups -OCH3 is 1. The summed E-state index contributed by atoms with van der Waals surface area (Å²) in [5.41, 5.74) is 2.70. The normalized spacial score (nSPS) is 19.6. The van der Waals surface area contributed by atoms with E-state index in [-0.39, 0.29) is 17.4 Å². The smallest absolute Gasteiger partial charge is 0.301 e. The molecule has 1 N–H and O–H groups in total. The first-order valence-electron chi connectivity index (χ1n) is 13.2. The van der Waals surface area contributed by atoms with Gasteiger partial charge in [-0.15, -0.1) is 0 Å². The highest BCUT2D eigenvalue weighted by Crippen LogP contribution is 2.45. The van der Waals surface area contributed by atoms with Crippen LogP contribution >= 0.6 is 11.3 Å². The Morgan fingerprint density at radius 1 is 1.12 bits per heavy atom. The van der Waals surface area contributed by atoms with Gasteiger partial charge < -0.3 is 19.3 Å². The van der Waals surface area contributed by atoms with Crippen LogP contribution in [0.25, 0.3) is 16.0 Å². The summed E-state index contributed by atoms with van der Waals surface area (Å²) >= 11 is 1.28. The largest absolute Gasteiger partial charge is 0.507 e. The number of carbonyl (C=O) groups is 2. The van der Waals surface area contributed by atoms with Crippen LogP contribution in [0.1, 0.15) is 43.0 Å². The number of aliphatic hydroxyl groups excluding tert-OH is 1. The fourth-order valence-electron chi connectivity index (χ4n) is 5.19. The van der Waals surface area contributed by atoms with Crippen molar-refractivity contribution in [1.29, 1.82) is 0 Å². The first-order valence-corrected chi connectivity index (χ1v) is 14.0. The second-order valence-electron chi connectivity index (χ2n) is 9.88. The lowest BCUT2D eigenvalue weighted by Gasteiger charge is -2.23. The standard InChI is InChI=1S/C31H28N2O6S/c1-4-12-38-22-7-5-6-18(15-22)27-26(28(34)19-8-11-24-20(14-19)13-17(2)39-24)29(35)30(36)33(27)31-32-23-10-9-21(37-3)16-25(23)40-31/h5-11,14-17,27,34H,4,12-13H2,1-3H3/b28-26+/t17-,27+/m1/s1. The monoisotopic (exact) mass is 556 g/mol. The van der Waals surface area contributed by atoms with E-state index >= 15 is 0 Å². The highest BCUT2D eigenvalue weighted by molar-refractivity contribution is 7.22. The zero-order chi connectivity index (χ0) is 28.0. The van der Waals surface area contributed by atoms with Crippen LogP contribution in [0.5, 0.6) is 17.2 Å². The molecule has 9 heteroatoms. The molecule has 1 amide bonds. The van der Waals surface area contributed by atoms with Crippen molar-refractivity contribution >= 4 is 44.1 Å². The zero-order valence-electron chi connectivity index (χ0n) is 22.3. The average molecular weight is 557 g/mol. The molecule has 0 spiro atoms. The first kappa shape index (κ1) is 25.9. The van der Waals surface area contributed by atoms with Crippen molar-refractivity contribution in [2.75, 3.05) is 18.6 Å². The molecule has 2 aliphatic heterocycles. The van der Waals surface area contributed by atoms with Crippen LogP contribution in [0.4, 0.5) is 5.13 Å². The number of hydrogen-bond acceptors (Lipinski definition) is 8. The number of ketones is 1. The van der Waals surface area contributed by atoms with Gasteiger partial charge in [0.15, 0.2) is 5.13 Å². The van der Waals surface area contributed by atoms with Crippen molar-refractivity contribution in [1.82, 2.24) is 4.98 Å². The van der Waals surface area contributed by atoms with Crippen molar-refractivity contribution in [2.45, 2.75) is 38.8 Å². The second kappa shape index (κ2) is 10.3. The van der Waals surface area contributed by atoms with Gasteiger partial charge >= 0.3 is 5.91 Å². The van der Waals surface area contributed by atoms with Gasteiger partial charge in [0.05, 0.1) is 35.5 Å². The Morgan fingerprint density at radius 2 is 1.98 bits per heavy atom. The lowest BCUT2D eigenvalue weighted by molar-refractivity contribution is -0.132. The van der Waals surface area contributed by atoms with E-state index in [2.05, 4.69) is 4.98 Å². The quantitative estimate of drug-likeness (QED) is 0.168. The molecule has 1 fully saturated rings. The van der Waals surface area contributed by atoms with Crippen molar-refractivity contribution in [3.63, 3.8) is 0 Å². The third-order valence-electron chi connectivity index (χ3n) is 7.05. The molecule has 1 aromatic heterocycles. The maximum absolute atomic E-state index is 13.6. The molecule has 3 aromatic carbocycles. The molecule has 2 aliphatic rings. The molecule has 0 saturated carbocycles. The Labute approximate surface area is 235 Å². The number of benzene rings is 3. The van der Waals surface area contributed by atoms with Crippen LogP contribution in [-0.2, 0) is 16.0 Å². The van der Waals surface area contributed by atoms with E-state index in [1.807, 2.05) is 50.2 Å². The number of anilines is 1. The maximum Gasteiger partial charge on any atom is 0.301 e. The Kier molecular flexibility index (Phi) is 6.67. The van der Waals surface area contributed by atoms with Gasteiger partial charge in [0.1, 0.15) is 29.1 Å². The summed E-state index contributed by atoms with van der Waals surface area (Å²) in [7, 11) is 1.58. The number of aliphatic hydroxyl groups is 1. The summed E-state index contributed by atoms with van der Waals surface area (Å²) in [6.45, 7) is 4.52. The number of nitrogens with zero attached hydrogens (tertiary/aromatic N) is 2. The molecule has 204 valence electrons. The van der Waals surface area contributed by atoms with Gasteiger partial charge in [0, 0.05) is 12.0 Å². The molecule has 40 heavy (non-hydrogen) atoms. The SMILES string of the molecule is CCCOc1cccc([C@H]2/C(=C(\O)c3ccc4c(c3)C[C@@H](C)O4)C(=O)C(=O)N2c2nc3ccc(OC)cc3s2)c1. The average Bonchev–Trinajstić information content (AvgIpc) is 3.63. The minimum Gasteiger partial charge on any atom is -0.507 e. The molecule has 1 saturated heterocycles. The number of fused-ring (bicyclic) bond motifs is 2. The van der Waals surface area contributed by atoms with Gasteiger partial charge in [0.25, 0.3) is 5.78 Å². The van der Waals surface area contributed by atoms with E-state index in [0.717, 1.165) is 22.4 Å². The van der Waals surface area contributed by atoms with E-state index in [9.17, 15) is 14.7 Å². The molecule has 8 nitrogen and oxygen atoms in total. The number of rotatable bonds is 7. The highest BCUT2D eigenvalue weighted by Gasteiger charge is 2.48. The minimum absolute atomic E-state index is 0.00129. The summed E-state index contributed by atoms with van der Waals surface area (Å²) in [6.07, 6.45) is 1.56. The van der Waals surface area contributed by atoms with Gasteiger partial charge in [0.2, 0.25) is 0 Å². The Hall–Kier alpha value is -4.37. The number of carbonyl (C=O) groups excluding carboxylic acids is 2. The van der Waals surface area contributed by atoms with Crippen LogP contribution in [0.3, 0.4) is 0 Å². The van der Waals surface area contributed by atoms with Gasteiger partial charge in [-0.05, 0) is 73.0 Å². The predicted octanol–water partition coefficient (Wildman–Crippen LogP) is 6.04. The van der Waals surface area contributed by atoms with Crippen LogP contribution in [0, 0.1) is 0 Å². The molecule has 0 radical (unpaired) electrons. The van der Waals surface area contributed by atoms with Crippen molar-refractivity contribution in [3.8, 4) is 17.2 Å². The molecular formula is C31H28N2O6S. The van der Waals surface area contributed by atoms with Gasteiger partial charge in [-0.25, -0.2) is 4.98 Å². The van der Waals surface area contributed by atoms with E-state index in [1.165, 1.54) is 16.2 Å². The number of thiazole rings is 1. The number of amides is 1. The van der Waals surface area contributed by atoms with Gasteiger partial charge in [-0.2, -0.15) is 0 Å². The molecule has 3 heterocycles. The van der Waals surface area contributed by atoms with Crippen molar-refractivity contribution < 1.29 is 28.9 Å². The number of hydrogen-bond donors (Lipinski definition) is 1. The van der Waals surface area contributed by atoms with E-state index < -0.39 is 17.7 Å². The highest BCUT2D eigenvalue weighted by atomic mass is 32.1. The Balaban J connectivity index is 1.51. The summed E-state index contributed by atoms with van der Waals surface area (Å²) in [4.78, 5) is 33.3.